The Balaban J connectivity index is 1.62. The second-order valence-electron chi connectivity index (χ2n) is 7.17. The third-order valence-electron chi connectivity index (χ3n) is 4.97. The minimum Gasteiger partial charge on any atom is -0.508 e. The lowest BCUT2D eigenvalue weighted by atomic mass is 9.93. The summed E-state index contributed by atoms with van der Waals surface area (Å²) in [4.78, 5) is 6.62. The van der Waals surface area contributed by atoms with Crippen LogP contribution in [0.15, 0.2) is 49.1 Å². The van der Waals surface area contributed by atoms with Gasteiger partial charge < -0.3 is 9.67 Å². The maximum Gasteiger partial charge on any atom is 0.120 e. The number of aromatic nitrogens is 2. The monoisotopic (exact) mass is 339 g/mol. The van der Waals surface area contributed by atoms with Crippen molar-refractivity contribution in [2.75, 3.05) is 13.1 Å². The van der Waals surface area contributed by atoms with E-state index in [9.17, 15) is 5.11 Å². The fourth-order valence-corrected chi connectivity index (χ4v) is 3.60. The van der Waals surface area contributed by atoms with Gasteiger partial charge in [-0.25, -0.2) is 4.98 Å². The number of phenolic OH excluding ortho intramolecular Hbond substituents is 1. The van der Waals surface area contributed by atoms with Gasteiger partial charge in [0.25, 0.3) is 0 Å². The molecule has 1 aromatic heterocycles. The average molecular weight is 339 g/mol. The van der Waals surface area contributed by atoms with Crippen molar-refractivity contribution in [1.29, 1.82) is 0 Å². The maximum absolute atomic E-state index is 10.2. The normalized spacial score (nSPS) is 17.3. The van der Waals surface area contributed by atoms with Gasteiger partial charge in [0.15, 0.2) is 0 Å². The molecule has 4 heteroatoms. The van der Waals surface area contributed by atoms with Gasteiger partial charge in [0.05, 0.1) is 6.33 Å². The molecule has 25 heavy (non-hydrogen) atoms. The molecule has 1 atom stereocenters. The van der Waals surface area contributed by atoms with E-state index in [1.165, 1.54) is 24.8 Å². The first-order valence-electron chi connectivity index (χ1n) is 9.32. The van der Waals surface area contributed by atoms with Crippen LogP contribution < -0.4 is 0 Å². The van der Waals surface area contributed by atoms with Crippen LogP contribution in [0.2, 0.25) is 0 Å². The summed E-state index contributed by atoms with van der Waals surface area (Å²) in [5, 5.41) is 10.2. The molecule has 3 rings (SSSR count). The van der Waals surface area contributed by atoms with Crippen molar-refractivity contribution in [3.63, 3.8) is 0 Å². The number of hydrogen-bond donors (Lipinski definition) is 1. The smallest absolute Gasteiger partial charge is 0.120 e. The lowest BCUT2D eigenvalue weighted by Gasteiger charge is -2.28. The summed E-state index contributed by atoms with van der Waals surface area (Å²) >= 11 is 0. The number of benzene rings is 1. The Morgan fingerprint density at radius 1 is 1.32 bits per heavy atom. The van der Waals surface area contributed by atoms with Crippen molar-refractivity contribution < 1.29 is 5.11 Å². The summed E-state index contributed by atoms with van der Waals surface area (Å²) in [5.74, 6) is 1.14. The van der Waals surface area contributed by atoms with E-state index in [4.69, 9.17) is 0 Å². The van der Waals surface area contributed by atoms with Crippen LogP contribution in [-0.4, -0.2) is 32.6 Å². The minimum absolute atomic E-state index is 0.411. The number of aromatic hydroxyl groups is 1. The van der Waals surface area contributed by atoms with E-state index < -0.39 is 0 Å². The van der Waals surface area contributed by atoms with Gasteiger partial charge >= 0.3 is 0 Å². The summed E-state index contributed by atoms with van der Waals surface area (Å²) in [6.07, 6.45) is 15.1. The van der Waals surface area contributed by atoms with Crippen molar-refractivity contribution in [2.45, 2.75) is 45.7 Å². The molecule has 0 fully saturated rings. The topological polar surface area (TPSA) is 41.3 Å². The van der Waals surface area contributed by atoms with Crippen LogP contribution in [0.5, 0.6) is 5.75 Å². The number of phenols is 1. The number of aryl methyl sites for hydroxylation is 2. The van der Waals surface area contributed by atoms with Crippen molar-refractivity contribution in [2.24, 2.45) is 5.92 Å². The number of nitrogens with zero attached hydrogens (tertiary/aromatic N) is 3. The molecular formula is C21H29N3O. The minimum atomic E-state index is 0.411. The van der Waals surface area contributed by atoms with Gasteiger partial charge in [0.2, 0.25) is 0 Å². The highest BCUT2D eigenvalue weighted by Gasteiger charge is 2.16. The summed E-state index contributed by atoms with van der Waals surface area (Å²) in [6.45, 7) is 6.02. The summed E-state index contributed by atoms with van der Waals surface area (Å²) < 4.78 is 2.13. The van der Waals surface area contributed by atoms with Gasteiger partial charge in [-0.3, -0.25) is 4.90 Å². The molecule has 1 heterocycles. The van der Waals surface area contributed by atoms with Crippen LogP contribution in [-0.2, 0) is 13.1 Å². The Hall–Kier alpha value is -2.07. The number of rotatable bonds is 8. The molecule has 0 saturated heterocycles. The molecule has 0 radical (unpaired) electrons. The van der Waals surface area contributed by atoms with Crippen molar-refractivity contribution in [3.05, 3.63) is 60.2 Å². The highest BCUT2D eigenvalue weighted by Crippen LogP contribution is 2.24. The van der Waals surface area contributed by atoms with Gasteiger partial charge in [-0.05, 0) is 44.6 Å². The largest absolute Gasteiger partial charge is 0.508 e. The first-order valence-corrected chi connectivity index (χ1v) is 9.32. The standard InChI is InChI=1S/C21H29N3O/c1-18-8-9-21(25)20(14-18)16-24(15-19-6-3-2-4-7-19)12-5-11-23-13-10-22-17-23/h2-3,8-10,13-14,17,19,25H,4-7,11-12,15-16H2,1H3/t19-/m0/s1. The fourth-order valence-electron chi connectivity index (χ4n) is 3.60. The van der Waals surface area contributed by atoms with Gasteiger partial charge in [0.1, 0.15) is 5.75 Å². The Labute approximate surface area is 150 Å². The van der Waals surface area contributed by atoms with Gasteiger partial charge in [-0.15, -0.1) is 0 Å². The molecule has 1 aromatic carbocycles. The highest BCUT2D eigenvalue weighted by molar-refractivity contribution is 5.35. The van der Waals surface area contributed by atoms with Gasteiger partial charge in [-0.1, -0.05) is 29.8 Å². The SMILES string of the molecule is Cc1ccc(O)c(CN(CCCn2ccnc2)C[C@H]2CC=CCC2)c1. The van der Waals surface area contributed by atoms with Crippen molar-refractivity contribution >= 4 is 0 Å². The quantitative estimate of drug-likeness (QED) is 0.735. The molecule has 0 saturated carbocycles. The predicted molar refractivity (Wildman–Crippen MR) is 101 cm³/mol. The van der Waals surface area contributed by atoms with E-state index in [-0.39, 0.29) is 0 Å². The summed E-state index contributed by atoms with van der Waals surface area (Å²) in [6, 6.07) is 5.89. The Bertz CT molecular complexity index is 678. The second-order valence-corrected chi connectivity index (χ2v) is 7.17. The maximum atomic E-state index is 10.2. The molecule has 0 spiro atoms. The first-order chi connectivity index (χ1) is 12.2. The molecule has 4 nitrogen and oxygen atoms in total. The van der Waals surface area contributed by atoms with E-state index in [1.807, 2.05) is 30.9 Å². The molecule has 0 unspecified atom stereocenters. The molecule has 1 aliphatic carbocycles. The third-order valence-corrected chi connectivity index (χ3v) is 4.97. The first kappa shape index (κ1) is 17.7. The van der Waals surface area contributed by atoms with Crippen LogP contribution >= 0.6 is 0 Å². The molecule has 1 N–H and O–H groups in total. The van der Waals surface area contributed by atoms with Crippen LogP contribution in [0.25, 0.3) is 0 Å². The number of imidazole rings is 1. The predicted octanol–water partition coefficient (Wildman–Crippen LogP) is 4.15. The summed E-state index contributed by atoms with van der Waals surface area (Å²) in [5.41, 5.74) is 2.24. The molecular weight excluding hydrogens is 310 g/mol. The number of hydrogen-bond acceptors (Lipinski definition) is 3. The zero-order valence-electron chi connectivity index (χ0n) is 15.1. The molecule has 0 amide bonds. The lowest BCUT2D eigenvalue weighted by Crippen LogP contribution is -2.31. The zero-order chi connectivity index (χ0) is 17.5. The van der Waals surface area contributed by atoms with E-state index in [0.29, 0.717) is 5.75 Å². The van der Waals surface area contributed by atoms with Crippen molar-refractivity contribution in [1.82, 2.24) is 14.5 Å². The Morgan fingerprint density at radius 3 is 3.00 bits per heavy atom. The molecule has 0 bridgehead atoms. The molecule has 2 aromatic rings. The Kier molecular flexibility index (Phi) is 6.29. The zero-order valence-corrected chi connectivity index (χ0v) is 15.1. The molecule has 0 aliphatic heterocycles. The molecule has 1 aliphatic rings. The van der Waals surface area contributed by atoms with E-state index in [0.717, 1.165) is 44.1 Å². The number of allylic oxidation sites excluding steroid dienone is 2. The van der Waals surface area contributed by atoms with Crippen molar-refractivity contribution in [3.8, 4) is 5.75 Å². The second kappa shape index (κ2) is 8.86. The van der Waals surface area contributed by atoms with Gasteiger partial charge in [-0.2, -0.15) is 0 Å². The van der Waals surface area contributed by atoms with Crippen LogP contribution in [0.3, 0.4) is 0 Å². The van der Waals surface area contributed by atoms with E-state index >= 15 is 0 Å². The van der Waals surface area contributed by atoms with Crippen LogP contribution in [0.1, 0.15) is 36.8 Å². The summed E-state index contributed by atoms with van der Waals surface area (Å²) in [7, 11) is 0. The fraction of sp³-hybridized carbons (Fsp3) is 0.476. The van der Waals surface area contributed by atoms with E-state index in [1.54, 1.807) is 0 Å². The van der Waals surface area contributed by atoms with Crippen LogP contribution in [0, 0.1) is 12.8 Å². The van der Waals surface area contributed by atoms with Gasteiger partial charge in [0, 0.05) is 44.1 Å². The van der Waals surface area contributed by atoms with E-state index in [2.05, 4.69) is 39.6 Å². The Morgan fingerprint density at radius 2 is 2.24 bits per heavy atom. The third kappa shape index (κ3) is 5.46. The lowest BCUT2D eigenvalue weighted by molar-refractivity contribution is 0.207. The highest BCUT2D eigenvalue weighted by atomic mass is 16.3. The molecule has 134 valence electrons. The average Bonchev–Trinajstić information content (AvgIpc) is 3.12. The van der Waals surface area contributed by atoms with Crippen LogP contribution in [0.4, 0.5) is 0 Å².